The lowest BCUT2D eigenvalue weighted by Crippen LogP contribution is -2.51. The van der Waals surface area contributed by atoms with Gasteiger partial charge in [0.1, 0.15) is 5.82 Å². The number of nitro groups is 1. The van der Waals surface area contributed by atoms with Gasteiger partial charge in [0.25, 0.3) is 5.69 Å². The van der Waals surface area contributed by atoms with Crippen LogP contribution in [-0.2, 0) is 10.0 Å². The fraction of sp³-hybridized carbons (Fsp3) is 0.400. The molecular formula is C10H13FN2O6S. The Hall–Kier alpha value is -1.62. The molecule has 0 radical (unpaired) electrons. The van der Waals surface area contributed by atoms with E-state index in [1.165, 1.54) is 6.92 Å². The molecule has 8 nitrogen and oxygen atoms in total. The second-order valence-corrected chi connectivity index (χ2v) is 6.00. The topological polar surface area (TPSA) is 130 Å². The Kier molecular flexibility index (Phi) is 4.76. The number of benzene rings is 1. The Morgan fingerprint density at radius 3 is 2.40 bits per heavy atom. The molecule has 0 aliphatic rings. The number of hydrogen-bond acceptors (Lipinski definition) is 6. The summed E-state index contributed by atoms with van der Waals surface area (Å²) in [7, 11) is -4.41. The molecule has 0 spiro atoms. The zero-order valence-corrected chi connectivity index (χ0v) is 11.2. The minimum absolute atomic E-state index is 0.476. The number of aliphatic hydroxyl groups excluding tert-OH is 2. The summed E-state index contributed by atoms with van der Waals surface area (Å²) in [5, 5.41) is 28.8. The summed E-state index contributed by atoms with van der Waals surface area (Å²) < 4.78 is 39.0. The first-order valence-electron chi connectivity index (χ1n) is 5.35. The molecule has 112 valence electrons. The zero-order valence-electron chi connectivity index (χ0n) is 10.4. The molecule has 3 N–H and O–H groups in total. The van der Waals surface area contributed by atoms with Gasteiger partial charge in [0, 0.05) is 0 Å². The normalized spacial score (nSPS) is 12.4. The third kappa shape index (κ3) is 3.48. The van der Waals surface area contributed by atoms with Gasteiger partial charge in [0.05, 0.1) is 29.7 Å². The molecule has 0 saturated heterocycles. The minimum atomic E-state index is -4.41. The lowest BCUT2D eigenvalue weighted by Gasteiger charge is -2.25. The van der Waals surface area contributed by atoms with Crippen LogP contribution in [0.5, 0.6) is 0 Å². The predicted octanol–water partition coefficient (Wildman–Crippen LogP) is -0.244. The molecule has 0 aliphatic carbocycles. The third-order valence-electron chi connectivity index (χ3n) is 2.49. The van der Waals surface area contributed by atoms with Gasteiger partial charge in [-0.2, -0.15) is 0 Å². The highest BCUT2D eigenvalue weighted by Gasteiger charge is 2.33. The molecule has 0 saturated carbocycles. The van der Waals surface area contributed by atoms with Gasteiger partial charge in [-0.05, 0) is 19.1 Å². The highest BCUT2D eigenvalue weighted by molar-refractivity contribution is 7.89. The van der Waals surface area contributed by atoms with Gasteiger partial charge in [-0.25, -0.2) is 17.5 Å². The minimum Gasteiger partial charge on any atom is -0.394 e. The first kappa shape index (κ1) is 16.4. The van der Waals surface area contributed by atoms with Crippen molar-refractivity contribution >= 4 is 15.7 Å². The molecule has 20 heavy (non-hydrogen) atoms. The van der Waals surface area contributed by atoms with Gasteiger partial charge in [0.15, 0.2) is 4.90 Å². The van der Waals surface area contributed by atoms with Crippen molar-refractivity contribution in [3.8, 4) is 0 Å². The van der Waals surface area contributed by atoms with E-state index in [2.05, 4.69) is 0 Å². The average Bonchev–Trinajstić information content (AvgIpc) is 2.37. The molecule has 0 heterocycles. The van der Waals surface area contributed by atoms with Crippen LogP contribution >= 0.6 is 0 Å². The van der Waals surface area contributed by atoms with Crippen molar-refractivity contribution < 1.29 is 27.9 Å². The van der Waals surface area contributed by atoms with E-state index >= 15 is 0 Å². The van der Waals surface area contributed by atoms with Crippen LogP contribution in [0.25, 0.3) is 0 Å². The smallest absolute Gasteiger partial charge is 0.292 e. The fourth-order valence-corrected chi connectivity index (χ4v) is 2.90. The number of sulfonamides is 1. The molecule has 10 heteroatoms. The molecule has 0 fully saturated rings. The van der Waals surface area contributed by atoms with Crippen LogP contribution in [0.4, 0.5) is 10.1 Å². The van der Waals surface area contributed by atoms with Crippen molar-refractivity contribution in [3.05, 3.63) is 34.1 Å². The zero-order chi connectivity index (χ0) is 15.6. The van der Waals surface area contributed by atoms with E-state index in [4.69, 9.17) is 10.2 Å². The largest absolute Gasteiger partial charge is 0.394 e. The van der Waals surface area contributed by atoms with Gasteiger partial charge in [-0.3, -0.25) is 10.1 Å². The number of rotatable bonds is 6. The van der Waals surface area contributed by atoms with E-state index in [1.54, 1.807) is 0 Å². The van der Waals surface area contributed by atoms with Crippen molar-refractivity contribution in [1.82, 2.24) is 4.72 Å². The van der Waals surface area contributed by atoms with E-state index in [1.807, 2.05) is 4.72 Å². The highest BCUT2D eigenvalue weighted by atomic mass is 32.2. The Morgan fingerprint density at radius 1 is 1.40 bits per heavy atom. The summed E-state index contributed by atoms with van der Waals surface area (Å²) in [4.78, 5) is 8.99. The fourth-order valence-electron chi connectivity index (χ4n) is 1.35. The predicted molar refractivity (Wildman–Crippen MR) is 66.0 cm³/mol. The maximum atomic E-state index is 13.0. The van der Waals surface area contributed by atoms with Crippen molar-refractivity contribution in [2.45, 2.75) is 17.4 Å². The van der Waals surface area contributed by atoms with Crippen LogP contribution in [-0.4, -0.2) is 42.3 Å². The van der Waals surface area contributed by atoms with Crippen LogP contribution in [0.1, 0.15) is 6.92 Å². The number of hydrogen-bond donors (Lipinski definition) is 3. The Balaban J connectivity index is 3.33. The summed E-state index contributed by atoms with van der Waals surface area (Å²) in [5.74, 6) is -0.956. The number of nitrogens with one attached hydrogen (secondary N) is 1. The number of nitro benzene ring substituents is 1. The summed E-state index contributed by atoms with van der Waals surface area (Å²) in [6.07, 6.45) is 0. The molecular weight excluding hydrogens is 295 g/mol. The van der Waals surface area contributed by atoms with Crippen molar-refractivity contribution in [1.29, 1.82) is 0 Å². The lowest BCUT2D eigenvalue weighted by molar-refractivity contribution is -0.388. The molecule has 0 aromatic heterocycles. The van der Waals surface area contributed by atoms with E-state index in [-0.39, 0.29) is 0 Å². The Morgan fingerprint density at radius 2 is 1.95 bits per heavy atom. The summed E-state index contributed by atoms with van der Waals surface area (Å²) in [6.45, 7) is -0.241. The second-order valence-electron chi connectivity index (χ2n) is 4.35. The monoisotopic (exact) mass is 308 g/mol. The van der Waals surface area contributed by atoms with E-state index in [0.717, 1.165) is 12.1 Å². The lowest BCUT2D eigenvalue weighted by atomic mass is 10.1. The molecule has 0 atom stereocenters. The van der Waals surface area contributed by atoms with Crippen LogP contribution < -0.4 is 4.72 Å². The molecule has 0 amide bonds. The van der Waals surface area contributed by atoms with Crippen molar-refractivity contribution in [2.24, 2.45) is 0 Å². The van der Waals surface area contributed by atoms with Crippen LogP contribution in [0, 0.1) is 15.9 Å². The second kappa shape index (κ2) is 5.79. The SMILES string of the molecule is CC(CO)(CO)NS(=O)(=O)c1ccc(F)cc1[N+](=O)[O-]. The van der Waals surface area contributed by atoms with E-state index in [0.29, 0.717) is 6.07 Å². The van der Waals surface area contributed by atoms with Gasteiger partial charge in [-0.15, -0.1) is 0 Å². The molecule has 0 aliphatic heterocycles. The Bertz CT molecular complexity index is 614. The van der Waals surface area contributed by atoms with Gasteiger partial charge in [-0.1, -0.05) is 0 Å². The van der Waals surface area contributed by atoms with E-state index < -0.39 is 50.1 Å². The van der Waals surface area contributed by atoms with Gasteiger partial charge >= 0.3 is 0 Å². The van der Waals surface area contributed by atoms with Crippen LogP contribution in [0.2, 0.25) is 0 Å². The first-order chi connectivity index (χ1) is 9.15. The van der Waals surface area contributed by atoms with Crippen LogP contribution in [0.15, 0.2) is 23.1 Å². The maximum Gasteiger partial charge on any atom is 0.292 e. The molecule has 1 aromatic carbocycles. The highest BCUT2D eigenvalue weighted by Crippen LogP contribution is 2.25. The van der Waals surface area contributed by atoms with Crippen LogP contribution in [0.3, 0.4) is 0 Å². The number of aliphatic hydroxyl groups is 2. The van der Waals surface area contributed by atoms with Crippen molar-refractivity contribution in [2.75, 3.05) is 13.2 Å². The first-order valence-corrected chi connectivity index (χ1v) is 6.83. The summed E-state index contributed by atoms with van der Waals surface area (Å²) in [6, 6.07) is 1.98. The molecule has 0 bridgehead atoms. The van der Waals surface area contributed by atoms with Gasteiger partial charge < -0.3 is 10.2 Å². The molecule has 1 rings (SSSR count). The standard InChI is InChI=1S/C10H13FN2O6S/c1-10(5-14,6-15)12-20(18,19)9-3-2-7(11)4-8(9)13(16)17/h2-4,12,14-15H,5-6H2,1H3. The van der Waals surface area contributed by atoms with Crippen molar-refractivity contribution in [3.63, 3.8) is 0 Å². The number of nitrogens with zero attached hydrogens (tertiary/aromatic N) is 1. The Labute approximate surface area is 114 Å². The molecule has 1 aromatic rings. The van der Waals surface area contributed by atoms with E-state index in [9.17, 15) is 22.9 Å². The average molecular weight is 308 g/mol. The summed E-state index contributed by atoms with van der Waals surface area (Å²) >= 11 is 0. The maximum absolute atomic E-state index is 13.0. The van der Waals surface area contributed by atoms with Gasteiger partial charge in [0.2, 0.25) is 10.0 Å². The quantitative estimate of drug-likeness (QED) is 0.491. The third-order valence-corrected chi connectivity index (χ3v) is 4.17. The summed E-state index contributed by atoms with van der Waals surface area (Å²) in [5.41, 5.74) is -2.53. The molecule has 0 unspecified atom stereocenters. The number of halogens is 1.